The summed E-state index contributed by atoms with van der Waals surface area (Å²) in [4.78, 5) is 14.4. The van der Waals surface area contributed by atoms with Crippen molar-refractivity contribution in [1.82, 2.24) is 4.98 Å². The van der Waals surface area contributed by atoms with Crippen LogP contribution in [-0.2, 0) is 0 Å². The van der Waals surface area contributed by atoms with Crippen LogP contribution in [-0.4, -0.2) is 21.6 Å². The Kier molecular flexibility index (Phi) is 2.96. The van der Waals surface area contributed by atoms with E-state index in [1.165, 1.54) is 12.3 Å². The monoisotopic (exact) mass is 204 g/mol. The van der Waals surface area contributed by atoms with Crippen molar-refractivity contribution in [2.24, 2.45) is 0 Å². The lowest BCUT2D eigenvalue weighted by Crippen LogP contribution is -2.28. The van der Waals surface area contributed by atoms with Gasteiger partial charge in [-0.15, -0.1) is 6.42 Å². The number of terminal acetylenes is 1. The maximum atomic E-state index is 10.7. The Bertz CT molecular complexity index is 419. The largest absolute Gasteiger partial charge is 0.477 e. The molecule has 0 saturated carbocycles. The van der Waals surface area contributed by atoms with Gasteiger partial charge < -0.3 is 10.4 Å². The third kappa shape index (κ3) is 2.99. The molecule has 0 radical (unpaired) electrons. The number of hydrogen-bond donors (Lipinski definition) is 2. The van der Waals surface area contributed by atoms with Gasteiger partial charge in [-0.3, -0.25) is 0 Å². The van der Waals surface area contributed by atoms with E-state index < -0.39 is 11.5 Å². The van der Waals surface area contributed by atoms with Gasteiger partial charge in [0.2, 0.25) is 0 Å². The topological polar surface area (TPSA) is 62.2 Å². The smallest absolute Gasteiger partial charge is 0.354 e. The van der Waals surface area contributed by atoms with Crippen LogP contribution in [0.5, 0.6) is 0 Å². The molecule has 78 valence electrons. The number of hydrogen-bond acceptors (Lipinski definition) is 3. The molecular weight excluding hydrogens is 192 g/mol. The van der Waals surface area contributed by atoms with Crippen molar-refractivity contribution in [3.63, 3.8) is 0 Å². The number of anilines is 1. The molecule has 0 aliphatic rings. The summed E-state index contributed by atoms with van der Waals surface area (Å²) < 4.78 is 0. The highest BCUT2D eigenvalue weighted by Crippen LogP contribution is 2.14. The summed E-state index contributed by atoms with van der Waals surface area (Å²) in [7, 11) is 0. The zero-order valence-electron chi connectivity index (χ0n) is 8.61. The fourth-order valence-corrected chi connectivity index (χ4v) is 1.02. The summed E-state index contributed by atoms with van der Waals surface area (Å²) in [5.41, 5.74) is 0.120. The molecule has 0 bridgehead atoms. The van der Waals surface area contributed by atoms with E-state index in [9.17, 15) is 4.79 Å². The Balaban J connectivity index is 2.93. The van der Waals surface area contributed by atoms with Crippen molar-refractivity contribution in [2.75, 3.05) is 5.32 Å². The number of carboxylic acids is 1. The standard InChI is InChI=1S/C11H12N2O2/c1-4-11(2,3)13-8-5-6-12-9(7-8)10(14)15/h1,5-7H,2-3H3,(H,12,13)(H,14,15). The first-order valence-corrected chi connectivity index (χ1v) is 4.40. The third-order valence-electron chi connectivity index (χ3n) is 1.80. The second-order valence-electron chi connectivity index (χ2n) is 3.63. The fraction of sp³-hybridized carbons (Fsp3) is 0.273. The van der Waals surface area contributed by atoms with Crippen LogP contribution in [0, 0.1) is 12.3 Å². The van der Waals surface area contributed by atoms with Crippen molar-refractivity contribution in [2.45, 2.75) is 19.4 Å². The Morgan fingerprint density at radius 2 is 2.33 bits per heavy atom. The molecule has 2 N–H and O–H groups in total. The van der Waals surface area contributed by atoms with E-state index in [2.05, 4.69) is 16.2 Å². The molecule has 0 unspecified atom stereocenters. The normalized spacial score (nSPS) is 10.5. The summed E-state index contributed by atoms with van der Waals surface area (Å²) in [5, 5.41) is 11.8. The lowest BCUT2D eigenvalue weighted by Gasteiger charge is -2.20. The number of nitrogens with zero attached hydrogens (tertiary/aromatic N) is 1. The first-order valence-electron chi connectivity index (χ1n) is 4.40. The van der Waals surface area contributed by atoms with E-state index in [0.29, 0.717) is 5.69 Å². The molecule has 0 atom stereocenters. The van der Waals surface area contributed by atoms with Gasteiger partial charge in [0.25, 0.3) is 0 Å². The molecule has 0 aliphatic heterocycles. The average molecular weight is 204 g/mol. The maximum absolute atomic E-state index is 10.7. The molecule has 0 amide bonds. The maximum Gasteiger partial charge on any atom is 0.354 e. The van der Waals surface area contributed by atoms with Crippen LogP contribution in [0.2, 0.25) is 0 Å². The molecule has 0 saturated heterocycles. The summed E-state index contributed by atoms with van der Waals surface area (Å²) in [5.74, 6) is 1.50. The van der Waals surface area contributed by atoms with Crippen LogP contribution in [0.1, 0.15) is 24.3 Å². The average Bonchev–Trinajstić information content (AvgIpc) is 2.17. The van der Waals surface area contributed by atoms with Gasteiger partial charge in [0.15, 0.2) is 0 Å². The van der Waals surface area contributed by atoms with Crippen molar-refractivity contribution in [1.29, 1.82) is 0 Å². The molecule has 1 aromatic heterocycles. The van der Waals surface area contributed by atoms with Crippen molar-refractivity contribution in [3.8, 4) is 12.3 Å². The predicted octanol–water partition coefficient (Wildman–Crippen LogP) is 1.60. The molecule has 0 aromatic carbocycles. The second kappa shape index (κ2) is 4.01. The highest BCUT2D eigenvalue weighted by molar-refractivity contribution is 5.86. The molecule has 4 nitrogen and oxygen atoms in total. The van der Waals surface area contributed by atoms with Crippen LogP contribution >= 0.6 is 0 Å². The zero-order chi connectivity index (χ0) is 11.5. The molecule has 0 aliphatic carbocycles. The van der Waals surface area contributed by atoms with Gasteiger partial charge in [0.1, 0.15) is 5.69 Å². The number of carboxylic acid groups (broad SMARTS) is 1. The number of pyridine rings is 1. The number of nitrogens with one attached hydrogen (secondary N) is 1. The predicted molar refractivity (Wildman–Crippen MR) is 57.7 cm³/mol. The quantitative estimate of drug-likeness (QED) is 0.734. The number of carbonyl (C=O) groups is 1. The highest BCUT2D eigenvalue weighted by Gasteiger charge is 2.14. The molecule has 15 heavy (non-hydrogen) atoms. The molecule has 0 fully saturated rings. The van der Waals surface area contributed by atoms with E-state index in [0.717, 1.165) is 0 Å². The first kappa shape index (κ1) is 11.1. The Labute approximate surface area is 88.3 Å². The van der Waals surface area contributed by atoms with Crippen molar-refractivity contribution < 1.29 is 9.90 Å². The summed E-state index contributed by atoms with van der Waals surface area (Å²) in [6, 6.07) is 3.12. The zero-order valence-corrected chi connectivity index (χ0v) is 8.61. The van der Waals surface area contributed by atoms with Crippen LogP contribution in [0.25, 0.3) is 0 Å². The van der Waals surface area contributed by atoms with E-state index in [4.69, 9.17) is 11.5 Å². The molecular formula is C11H12N2O2. The molecule has 1 rings (SSSR count). The Morgan fingerprint density at radius 3 is 2.87 bits per heavy atom. The van der Waals surface area contributed by atoms with E-state index in [-0.39, 0.29) is 5.69 Å². The van der Waals surface area contributed by atoms with Gasteiger partial charge >= 0.3 is 5.97 Å². The van der Waals surface area contributed by atoms with Crippen LogP contribution in [0.15, 0.2) is 18.3 Å². The van der Waals surface area contributed by atoms with Crippen molar-refractivity contribution in [3.05, 3.63) is 24.0 Å². The minimum atomic E-state index is -1.06. The van der Waals surface area contributed by atoms with Crippen LogP contribution in [0.4, 0.5) is 5.69 Å². The van der Waals surface area contributed by atoms with Crippen LogP contribution < -0.4 is 5.32 Å². The third-order valence-corrected chi connectivity index (χ3v) is 1.80. The summed E-state index contributed by atoms with van der Waals surface area (Å²) >= 11 is 0. The van der Waals surface area contributed by atoms with Gasteiger partial charge in [-0.25, -0.2) is 9.78 Å². The molecule has 0 spiro atoms. The first-order chi connectivity index (χ1) is 6.94. The van der Waals surface area contributed by atoms with Crippen LogP contribution in [0.3, 0.4) is 0 Å². The fourth-order valence-electron chi connectivity index (χ4n) is 1.02. The number of rotatable bonds is 3. The minimum absolute atomic E-state index is 0.00665. The lowest BCUT2D eigenvalue weighted by molar-refractivity contribution is 0.0690. The summed E-state index contributed by atoms with van der Waals surface area (Å²) in [6.07, 6.45) is 6.74. The molecule has 1 aromatic rings. The lowest BCUT2D eigenvalue weighted by atomic mass is 10.1. The molecule has 1 heterocycles. The van der Waals surface area contributed by atoms with E-state index in [1.807, 2.05) is 13.8 Å². The minimum Gasteiger partial charge on any atom is -0.477 e. The Morgan fingerprint density at radius 1 is 1.67 bits per heavy atom. The SMILES string of the molecule is C#CC(C)(C)Nc1ccnc(C(=O)O)c1. The summed E-state index contributed by atoms with van der Waals surface area (Å²) in [6.45, 7) is 3.65. The molecule has 4 heteroatoms. The number of aromatic carboxylic acids is 1. The van der Waals surface area contributed by atoms with Gasteiger partial charge in [0, 0.05) is 11.9 Å². The second-order valence-corrected chi connectivity index (χ2v) is 3.63. The van der Waals surface area contributed by atoms with Gasteiger partial charge in [-0.05, 0) is 26.0 Å². The number of aromatic nitrogens is 1. The van der Waals surface area contributed by atoms with Crippen molar-refractivity contribution >= 4 is 11.7 Å². The van der Waals surface area contributed by atoms with E-state index >= 15 is 0 Å². The highest BCUT2D eigenvalue weighted by atomic mass is 16.4. The van der Waals surface area contributed by atoms with E-state index in [1.54, 1.807) is 6.07 Å². The Hall–Kier alpha value is -2.02. The van der Waals surface area contributed by atoms with Gasteiger partial charge in [0.05, 0.1) is 5.54 Å². The van der Waals surface area contributed by atoms with Gasteiger partial charge in [-0.1, -0.05) is 5.92 Å². The van der Waals surface area contributed by atoms with Gasteiger partial charge in [-0.2, -0.15) is 0 Å².